The van der Waals surface area contributed by atoms with Crippen molar-refractivity contribution in [2.24, 2.45) is 5.92 Å². The molecule has 1 amide bonds. The van der Waals surface area contributed by atoms with Crippen LogP contribution in [-0.2, 0) is 9.53 Å². The van der Waals surface area contributed by atoms with Gasteiger partial charge in [-0.05, 0) is 37.1 Å². The van der Waals surface area contributed by atoms with Gasteiger partial charge in [0.15, 0.2) is 11.5 Å². The maximum absolute atomic E-state index is 12.6. The van der Waals surface area contributed by atoms with Crippen LogP contribution in [0.4, 0.5) is 0 Å². The highest BCUT2D eigenvalue weighted by Gasteiger charge is 2.26. The lowest BCUT2D eigenvalue weighted by Gasteiger charge is -2.35. The summed E-state index contributed by atoms with van der Waals surface area (Å²) >= 11 is 0. The van der Waals surface area contributed by atoms with Crippen LogP contribution in [0.1, 0.15) is 24.4 Å². The van der Waals surface area contributed by atoms with Gasteiger partial charge in [0.05, 0.1) is 39.4 Å². The Morgan fingerprint density at radius 1 is 1.30 bits per heavy atom. The lowest BCUT2D eigenvalue weighted by molar-refractivity contribution is -0.125. The second-order valence-electron chi connectivity index (χ2n) is 7.07. The van der Waals surface area contributed by atoms with Crippen LogP contribution in [0.2, 0.25) is 0 Å². The van der Waals surface area contributed by atoms with Crippen molar-refractivity contribution < 1.29 is 19.0 Å². The molecule has 0 radical (unpaired) electrons. The summed E-state index contributed by atoms with van der Waals surface area (Å²) in [6.07, 6.45) is 2.01. The standard InChI is InChI=1S/C20H31N3O4/c1-25-18-6-5-15(12-19(18)26-2)17(23-8-10-27-11-9-23)14-22-20(24)16-4-3-7-21-13-16/h5-6,12,16-17,21H,3-4,7-11,13-14H2,1-2H3,(H,22,24). The van der Waals surface area contributed by atoms with Crippen LogP contribution < -0.4 is 20.1 Å². The van der Waals surface area contributed by atoms with Gasteiger partial charge in [-0.2, -0.15) is 0 Å². The fraction of sp³-hybridized carbons (Fsp3) is 0.650. The number of morpholine rings is 1. The van der Waals surface area contributed by atoms with Gasteiger partial charge in [0.2, 0.25) is 5.91 Å². The average molecular weight is 377 g/mol. The summed E-state index contributed by atoms with van der Waals surface area (Å²) in [5, 5.41) is 6.49. The van der Waals surface area contributed by atoms with E-state index >= 15 is 0 Å². The minimum absolute atomic E-state index is 0.0643. The number of hydrogen-bond acceptors (Lipinski definition) is 6. The van der Waals surface area contributed by atoms with E-state index in [9.17, 15) is 4.79 Å². The molecule has 1 aromatic carbocycles. The second-order valence-corrected chi connectivity index (χ2v) is 7.07. The number of carbonyl (C=O) groups excluding carboxylic acids is 1. The molecule has 0 aromatic heterocycles. The topological polar surface area (TPSA) is 72.1 Å². The van der Waals surface area contributed by atoms with Gasteiger partial charge in [-0.15, -0.1) is 0 Å². The molecule has 2 fully saturated rings. The summed E-state index contributed by atoms with van der Waals surface area (Å²) in [6.45, 7) is 5.47. The second kappa shape index (κ2) is 9.92. The zero-order chi connectivity index (χ0) is 19.1. The van der Waals surface area contributed by atoms with Crippen LogP contribution in [0.5, 0.6) is 11.5 Å². The van der Waals surface area contributed by atoms with Crippen molar-refractivity contribution in [3.05, 3.63) is 23.8 Å². The van der Waals surface area contributed by atoms with Crippen LogP contribution in [0.25, 0.3) is 0 Å². The molecule has 2 N–H and O–H groups in total. The van der Waals surface area contributed by atoms with E-state index in [1.165, 1.54) is 0 Å². The van der Waals surface area contributed by atoms with Crippen molar-refractivity contribution in [1.82, 2.24) is 15.5 Å². The Labute approximate surface area is 161 Å². The third-order valence-corrected chi connectivity index (χ3v) is 5.42. The van der Waals surface area contributed by atoms with E-state index < -0.39 is 0 Å². The van der Waals surface area contributed by atoms with E-state index in [0.717, 1.165) is 44.6 Å². The Balaban J connectivity index is 1.73. The molecule has 1 aromatic rings. The summed E-state index contributed by atoms with van der Waals surface area (Å²) < 4.78 is 16.3. The Bertz CT molecular complexity index is 613. The van der Waals surface area contributed by atoms with E-state index in [2.05, 4.69) is 21.6 Å². The van der Waals surface area contributed by atoms with E-state index in [1.54, 1.807) is 14.2 Å². The Morgan fingerprint density at radius 3 is 2.74 bits per heavy atom. The first kappa shape index (κ1) is 19.9. The van der Waals surface area contributed by atoms with Gasteiger partial charge in [0, 0.05) is 26.2 Å². The maximum Gasteiger partial charge on any atom is 0.224 e. The van der Waals surface area contributed by atoms with Crippen LogP contribution in [-0.4, -0.2) is 71.0 Å². The number of nitrogens with one attached hydrogen (secondary N) is 2. The summed E-state index contributed by atoms with van der Waals surface area (Å²) in [4.78, 5) is 15.0. The summed E-state index contributed by atoms with van der Waals surface area (Å²) in [6, 6.07) is 6.06. The number of ether oxygens (including phenoxy) is 3. The van der Waals surface area contributed by atoms with Crippen molar-refractivity contribution in [2.45, 2.75) is 18.9 Å². The van der Waals surface area contributed by atoms with Gasteiger partial charge in [0.1, 0.15) is 0 Å². The molecule has 27 heavy (non-hydrogen) atoms. The van der Waals surface area contributed by atoms with E-state index in [0.29, 0.717) is 31.3 Å². The van der Waals surface area contributed by atoms with E-state index in [4.69, 9.17) is 14.2 Å². The molecule has 0 aliphatic carbocycles. The van der Waals surface area contributed by atoms with Crippen molar-refractivity contribution in [2.75, 3.05) is 60.2 Å². The number of benzene rings is 1. The highest BCUT2D eigenvalue weighted by Crippen LogP contribution is 2.32. The predicted octanol–water partition coefficient (Wildman–Crippen LogP) is 1.19. The van der Waals surface area contributed by atoms with Gasteiger partial charge in [-0.1, -0.05) is 6.07 Å². The SMILES string of the molecule is COc1ccc(C(CNC(=O)C2CCCNC2)N2CCOCC2)cc1OC. The van der Waals surface area contributed by atoms with Gasteiger partial charge in [-0.25, -0.2) is 0 Å². The third-order valence-electron chi connectivity index (χ3n) is 5.42. The lowest BCUT2D eigenvalue weighted by Crippen LogP contribution is -2.46. The molecular formula is C20H31N3O4. The molecule has 2 atom stereocenters. The largest absolute Gasteiger partial charge is 0.493 e. The molecule has 150 valence electrons. The minimum atomic E-state index is 0.0643. The molecule has 2 unspecified atom stereocenters. The first-order valence-electron chi connectivity index (χ1n) is 9.75. The molecule has 3 rings (SSSR count). The Kier molecular flexibility index (Phi) is 7.32. The quantitative estimate of drug-likeness (QED) is 0.744. The molecule has 2 saturated heterocycles. The minimum Gasteiger partial charge on any atom is -0.493 e. The first-order valence-corrected chi connectivity index (χ1v) is 9.75. The van der Waals surface area contributed by atoms with E-state index in [1.807, 2.05) is 12.1 Å². The molecular weight excluding hydrogens is 346 g/mol. The highest BCUT2D eigenvalue weighted by molar-refractivity contribution is 5.79. The first-order chi connectivity index (χ1) is 13.2. The Morgan fingerprint density at radius 2 is 2.07 bits per heavy atom. The number of piperidine rings is 1. The number of methoxy groups -OCH3 is 2. The molecule has 7 heteroatoms. The zero-order valence-electron chi connectivity index (χ0n) is 16.3. The number of hydrogen-bond donors (Lipinski definition) is 2. The fourth-order valence-corrected chi connectivity index (χ4v) is 3.82. The molecule has 2 heterocycles. The number of carbonyl (C=O) groups is 1. The molecule has 2 aliphatic rings. The number of rotatable bonds is 7. The van der Waals surface area contributed by atoms with Gasteiger partial charge in [-0.3, -0.25) is 9.69 Å². The van der Waals surface area contributed by atoms with E-state index in [-0.39, 0.29) is 17.9 Å². The number of nitrogens with zero attached hydrogens (tertiary/aromatic N) is 1. The van der Waals surface area contributed by atoms with Gasteiger partial charge in [0.25, 0.3) is 0 Å². The monoisotopic (exact) mass is 377 g/mol. The number of amides is 1. The molecule has 0 bridgehead atoms. The molecule has 0 saturated carbocycles. The Hall–Kier alpha value is -1.83. The van der Waals surface area contributed by atoms with Crippen LogP contribution >= 0.6 is 0 Å². The molecule has 0 spiro atoms. The normalized spacial score (nSPS) is 22.1. The maximum atomic E-state index is 12.6. The van der Waals surface area contributed by atoms with Crippen molar-refractivity contribution in [1.29, 1.82) is 0 Å². The van der Waals surface area contributed by atoms with Gasteiger partial charge >= 0.3 is 0 Å². The van der Waals surface area contributed by atoms with Crippen LogP contribution in [0.3, 0.4) is 0 Å². The lowest BCUT2D eigenvalue weighted by atomic mass is 9.98. The molecule has 2 aliphatic heterocycles. The zero-order valence-corrected chi connectivity index (χ0v) is 16.3. The predicted molar refractivity (Wildman–Crippen MR) is 103 cm³/mol. The fourth-order valence-electron chi connectivity index (χ4n) is 3.82. The average Bonchev–Trinajstić information content (AvgIpc) is 2.75. The smallest absolute Gasteiger partial charge is 0.224 e. The molecule has 7 nitrogen and oxygen atoms in total. The van der Waals surface area contributed by atoms with Crippen molar-refractivity contribution in [3.8, 4) is 11.5 Å². The summed E-state index contributed by atoms with van der Waals surface area (Å²) in [7, 11) is 3.28. The van der Waals surface area contributed by atoms with Gasteiger partial charge < -0.3 is 24.8 Å². The van der Waals surface area contributed by atoms with Crippen molar-refractivity contribution in [3.63, 3.8) is 0 Å². The summed E-state index contributed by atoms with van der Waals surface area (Å²) in [5.74, 6) is 1.62. The highest BCUT2D eigenvalue weighted by atomic mass is 16.5. The van der Waals surface area contributed by atoms with Crippen LogP contribution in [0, 0.1) is 5.92 Å². The van der Waals surface area contributed by atoms with Crippen LogP contribution in [0.15, 0.2) is 18.2 Å². The third kappa shape index (κ3) is 5.12. The van der Waals surface area contributed by atoms with Crippen molar-refractivity contribution >= 4 is 5.91 Å². The summed E-state index contributed by atoms with van der Waals surface area (Å²) in [5.41, 5.74) is 1.11.